The third-order valence-corrected chi connectivity index (χ3v) is 6.51. The SMILES string of the molecule is Cc1c(-c2cn(C3CC(O)C3)c3ncnc(N)c23)ccc2[c-]cc(-c3ccccc3)nc12.[Y]. The van der Waals surface area contributed by atoms with Gasteiger partial charge in [-0.05, 0) is 42.1 Å². The van der Waals surface area contributed by atoms with E-state index in [1.54, 1.807) is 0 Å². The van der Waals surface area contributed by atoms with Crippen LogP contribution < -0.4 is 5.73 Å². The van der Waals surface area contributed by atoms with Crippen LogP contribution in [-0.4, -0.2) is 30.7 Å². The van der Waals surface area contributed by atoms with Crippen LogP contribution in [0.2, 0.25) is 0 Å². The molecule has 2 aromatic carbocycles. The molecule has 0 unspecified atom stereocenters. The molecule has 3 N–H and O–H groups in total. The topological polar surface area (TPSA) is 89.8 Å². The number of benzene rings is 2. The average molecular weight is 509 g/mol. The Kier molecular flexibility index (Phi) is 5.77. The fourth-order valence-corrected chi connectivity index (χ4v) is 4.69. The zero-order chi connectivity index (χ0) is 21.8. The fraction of sp³-hybridized carbons (Fsp3) is 0.192. The summed E-state index contributed by atoms with van der Waals surface area (Å²) in [7, 11) is 0. The van der Waals surface area contributed by atoms with Crippen LogP contribution in [0.5, 0.6) is 0 Å². The minimum Gasteiger partial charge on any atom is -0.393 e. The molecule has 1 aliphatic rings. The second-order valence-corrected chi connectivity index (χ2v) is 8.47. The van der Waals surface area contributed by atoms with E-state index in [4.69, 9.17) is 10.7 Å². The van der Waals surface area contributed by atoms with Crippen molar-refractivity contribution in [3.05, 3.63) is 72.7 Å². The number of aliphatic hydroxyl groups is 1. The van der Waals surface area contributed by atoms with Gasteiger partial charge in [0.05, 0.1) is 11.5 Å². The molecule has 3 aromatic heterocycles. The first kappa shape index (κ1) is 22.1. The van der Waals surface area contributed by atoms with Crippen LogP contribution >= 0.6 is 0 Å². The Hall–Kier alpha value is -2.67. The molecule has 33 heavy (non-hydrogen) atoms. The molecule has 0 atom stereocenters. The van der Waals surface area contributed by atoms with Gasteiger partial charge >= 0.3 is 0 Å². The van der Waals surface area contributed by atoms with Gasteiger partial charge in [-0.2, -0.15) is 0 Å². The minimum atomic E-state index is -0.251. The smallest absolute Gasteiger partial charge is 0.146 e. The Balaban J connectivity index is 0.00000228. The Morgan fingerprint density at radius 1 is 1.06 bits per heavy atom. The van der Waals surface area contributed by atoms with Gasteiger partial charge in [0.25, 0.3) is 0 Å². The third kappa shape index (κ3) is 3.66. The first-order valence-electron chi connectivity index (χ1n) is 10.8. The number of pyridine rings is 1. The minimum absolute atomic E-state index is 0. The number of hydrogen-bond acceptors (Lipinski definition) is 5. The Morgan fingerprint density at radius 3 is 2.61 bits per heavy atom. The van der Waals surface area contributed by atoms with Crippen molar-refractivity contribution in [1.29, 1.82) is 0 Å². The van der Waals surface area contributed by atoms with Crippen LogP contribution in [0.25, 0.3) is 44.3 Å². The summed E-state index contributed by atoms with van der Waals surface area (Å²) in [5.74, 6) is 0.459. The van der Waals surface area contributed by atoms with Crippen molar-refractivity contribution in [1.82, 2.24) is 19.5 Å². The fourth-order valence-electron chi connectivity index (χ4n) is 4.69. The van der Waals surface area contributed by atoms with Crippen LogP contribution in [0.3, 0.4) is 0 Å². The molecule has 0 amide bonds. The summed E-state index contributed by atoms with van der Waals surface area (Å²) in [5, 5.41) is 11.7. The zero-order valence-electron chi connectivity index (χ0n) is 18.2. The zero-order valence-corrected chi connectivity index (χ0v) is 21.1. The van der Waals surface area contributed by atoms with Gasteiger partial charge in [-0.3, -0.25) is 0 Å². The molecule has 0 spiro atoms. The maximum absolute atomic E-state index is 9.83. The van der Waals surface area contributed by atoms with E-state index < -0.39 is 0 Å². The van der Waals surface area contributed by atoms with Gasteiger partial charge in [0.2, 0.25) is 0 Å². The predicted molar refractivity (Wildman–Crippen MR) is 126 cm³/mol. The normalized spacial score (nSPS) is 17.6. The first-order valence-corrected chi connectivity index (χ1v) is 10.8. The molecule has 6 nitrogen and oxygen atoms in total. The molecule has 1 saturated carbocycles. The third-order valence-electron chi connectivity index (χ3n) is 6.51. The number of aromatic nitrogens is 4. The van der Waals surface area contributed by atoms with E-state index in [1.165, 1.54) is 6.33 Å². The monoisotopic (exact) mass is 509 g/mol. The second kappa shape index (κ2) is 8.60. The number of nitrogens with two attached hydrogens (primary N) is 1. The Bertz CT molecular complexity index is 1480. The van der Waals surface area contributed by atoms with Gasteiger partial charge in [-0.1, -0.05) is 42.0 Å². The van der Waals surface area contributed by atoms with E-state index in [9.17, 15) is 5.11 Å². The van der Waals surface area contributed by atoms with Crippen LogP contribution in [0, 0.1) is 13.0 Å². The largest absolute Gasteiger partial charge is 0.393 e. The number of hydrogen-bond donors (Lipinski definition) is 2. The quantitative estimate of drug-likeness (QED) is 0.345. The summed E-state index contributed by atoms with van der Waals surface area (Å²) < 4.78 is 2.14. The van der Waals surface area contributed by atoms with Crippen molar-refractivity contribution in [2.75, 3.05) is 5.73 Å². The van der Waals surface area contributed by atoms with E-state index in [0.717, 1.165) is 62.7 Å². The van der Waals surface area contributed by atoms with Gasteiger partial charge < -0.3 is 20.4 Å². The van der Waals surface area contributed by atoms with Crippen LogP contribution in [0.1, 0.15) is 24.4 Å². The summed E-state index contributed by atoms with van der Waals surface area (Å²) in [5.41, 5.74) is 13.1. The van der Waals surface area contributed by atoms with Crippen LogP contribution in [-0.2, 0) is 32.7 Å². The van der Waals surface area contributed by atoms with Crippen molar-refractivity contribution >= 4 is 27.8 Å². The van der Waals surface area contributed by atoms with E-state index in [0.29, 0.717) is 5.82 Å². The molecule has 3 heterocycles. The molecule has 0 bridgehead atoms. The number of nitrogens with zero attached hydrogens (tertiary/aromatic N) is 4. The van der Waals surface area contributed by atoms with Crippen LogP contribution in [0.15, 0.2) is 61.1 Å². The molecule has 6 rings (SSSR count). The molecule has 1 fully saturated rings. The maximum atomic E-state index is 9.83. The van der Waals surface area contributed by atoms with E-state index >= 15 is 0 Å². The Morgan fingerprint density at radius 2 is 1.85 bits per heavy atom. The first-order chi connectivity index (χ1) is 15.6. The van der Waals surface area contributed by atoms with Crippen molar-refractivity contribution in [3.63, 3.8) is 0 Å². The molecule has 161 valence electrons. The summed E-state index contributed by atoms with van der Waals surface area (Å²) in [6.45, 7) is 2.09. The second-order valence-electron chi connectivity index (χ2n) is 8.47. The van der Waals surface area contributed by atoms with Gasteiger partial charge in [0, 0.05) is 50.5 Å². The van der Waals surface area contributed by atoms with Crippen molar-refractivity contribution in [3.8, 4) is 22.4 Å². The van der Waals surface area contributed by atoms with E-state index in [2.05, 4.69) is 58.0 Å². The molecule has 0 aliphatic heterocycles. The van der Waals surface area contributed by atoms with E-state index in [1.807, 2.05) is 24.3 Å². The van der Waals surface area contributed by atoms with Crippen molar-refractivity contribution < 1.29 is 37.8 Å². The predicted octanol–water partition coefficient (Wildman–Crippen LogP) is 4.70. The summed E-state index contributed by atoms with van der Waals surface area (Å²) in [6.07, 6.45) is 4.80. The molecule has 7 heteroatoms. The van der Waals surface area contributed by atoms with Gasteiger partial charge in [0.1, 0.15) is 17.8 Å². The average Bonchev–Trinajstić information content (AvgIpc) is 3.18. The maximum Gasteiger partial charge on any atom is 0.146 e. The molecule has 1 radical (unpaired) electrons. The number of rotatable bonds is 3. The number of aliphatic hydroxyl groups excluding tert-OH is 1. The summed E-state index contributed by atoms with van der Waals surface area (Å²) >= 11 is 0. The van der Waals surface area contributed by atoms with Gasteiger partial charge in [-0.15, -0.1) is 23.6 Å². The van der Waals surface area contributed by atoms with Crippen molar-refractivity contribution in [2.24, 2.45) is 0 Å². The van der Waals surface area contributed by atoms with Crippen LogP contribution in [0.4, 0.5) is 5.82 Å². The Labute approximate surface area is 216 Å². The van der Waals surface area contributed by atoms with Gasteiger partial charge in [0.15, 0.2) is 0 Å². The summed E-state index contributed by atoms with van der Waals surface area (Å²) in [4.78, 5) is 13.8. The molecular weight excluding hydrogens is 487 g/mol. The molecule has 1 aliphatic carbocycles. The molecule has 5 aromatic rings. The number of aryl methyl sites for hydroxylation is 1. The number of nitrogen functional groups attached to an aromatic ring is 1. The van der Waals surface area contributed by atoms with E-state index in [-0.39, 0.29) is 44.9 Å². The molecular formula is C26H22N5OY-. The molecule has 0 saturated heterocycles. The van der Waals surface area contributed by atoms with Crippen molar-refractivity contribution in [2.45, 2.75) is 31.9 Å². The number of fused-ring (bicyclic) bond motifs is 2. The summed E-state index contributed by atoms with van der Waals surface area (Å²) in [6, 6.07) is 19.8. The van der Waals surface area contributed by atoms with Gasteiger partial charge in [-0.25, -0.2) is 9.97 Å². The standard InChI is InChI=1S/C26H22N5O.Y/c1-15-20(9-7-17-8-10-22(30-24(15)17)16-5-3-2-4-6-16)21-13-31(18-11-19(32)12-18)26-23(21)25(27)28-14-29-26;/h2-7,9-10,13-14,18-19,32H,11-12H2,1H3,(H2,27,28,29);/q-1;. The number of anilines is 1.